The maximum atomic E-state index is 11.5. The SMILES string of the molecule is Cc1ccsc1CNC1CCCS(=O)(=O)C1. The number of aryl methyl sites for hydroxylation is 1. The van der Waals surface area contributed by atoms with Gasteiger partial charge in [0.25, 0.3) is 0 Å². The molecule has 1 fully saturated rings. The van der Waals surface area contributed by atoms with Crippen molar-refractivity contribution < 1.29 is 8.42 Å². The van der Waals surface area contributed by atoms with E-state index in [0.717, 1.165) is 19.4 Å². The van der Waals surface area contributed by atoms with Crippen LogP contribution in [0.1, 0.15) is 23.3 Å². The van der Waals surface area contributed by atoms with E-state index >= 15 is 0 Å². The summed E-state index contributed by atoms with van der Waals surface area (Å²) in [6, 6.07) is 2.24. The molecule has 1 aromatic heterocycles. The molecule has 0 spiro atoms. The Hall–Kier alpha value is -0.390. The highest BCUT2D eigenvalue weighted by Crippen LogP contribution is 2.17. The Kier molecular flexibility index (Phi) is 3.66. The maximum absolute atomic E-state index is 11.5. The molecule has 16 heavy (non-hydrogen) atoms. The van der Waals surface area contributed by atoms with Gasteiger partial charge in [0.15, 0.2) is 9.84 Å². The first-order chi connectivity index (χ1) is 7.57. The van der Waals surface area contributed by atoms with Crippen LogP contribution < -0.4 is 5.32 Å². The van der Waals surface area contributed by atoms with E-state index in [0.29, 0.717) is 11.5 Å². The van der Waals surface area contributed by atoms with Gasteiger partial charge in [-0.05, 0) is 36.8 Å². The van der Waals surface area contributed by atoms with Gasteiger partial charge in [0.05, 0.1) is 11.5 Å². The molecule has 1 N–H and O–H groups in total. The molecule has 2 rings (SSSR count). The van der Waals surface area contributed by atoms with Gasteiger partial charge in [0.2, 0.25) is 0 Å². The van der Waals surface area contributed by atoms with E-state index in [2.05, 4.69) is 23.7 Å². The number of sulfone groups is 1. The van der Waals surface area contributed by atoms with E-state index in [-0.39, 0.29) is 6.04 Å². The average molecular weight is 259 g/mol. The molecule has 1 atom stereocenters. The smallest absolute Gasteiger partial charge is 0.151 e. The highest BCUT2D eigenvalue weighted by atomic mass is 32.2. The molecule has 0 radical (unpaired) electrons. The average Bonchev–Trinajstić information content (AvgIpc) is 2.60. The Balaban J connectivity index is 1.89. The first-order valence-electron chi connectivity index (χ1n) is 5.53. The fraction of sp³-hybridized carbons (Fsp3) is 0.636. The van der Waals surface area contributed by atoms with Crippen LogP contribution >= 0.6 is 11.3 Å². The van der Waals surface area contributed by atoms with Crippen LogP contribution in [0.15, 0.2) is 11.4 Å². The van der Waals surface area contributed by atoms with Gasteiger partial charge in [0, 0.05) is 17.5 Å². The topological polar surface area (TPSA) is 46.2 Å². The van der Waals surface area contributed by atoms with E-state index < -0.39 is 9.84 Å². The lowest BCUT2D eigenvalue weighted by molar-refractivity contribution is 0.481. The zero-order valence-electron chi connectivity index (χ0n) is 9.40. The normalized spacial score (nSPS) is 24.4. The van der Waals surface area contributed by atoms with Gasteiger partial charge in [-0.2, -0.15) is 0 Å². The van der Waals surface area contributed by atoms with Crippen LogP contribution in [-0.4, -0.2) is 26.0 Å². The third kappa shape index (κ3) is 3.06. The summed E-state index contributed by atoms with van der Waals surface area (Å²) in [7, 11) is -2.79. The minimum Gasteiger partial charge on any atom is -0.308 e. The minimum atomic E-state index is -2.79. The summed E-state index contributed by atoms with van der Waals surface area (Å²) in [4.78, 5) is 1.31. The first kappa shape index (κ1) is 12.1. The molecule has 1 aromatic rings. The Morgan fingerprint density at radius 2 is 2.38 bits per heavy atom. The molecule has 0 saturated carbocycles. The van der Waals surface area contributed by atoms with Crippen molar-refractivity contribution in [2.75, 3.05) is 11.5 Å². The van der Waals surface area contributed by atoms with Gasteiger partial charge < -0.3 is 5.32 Å². The molecule has 0 aliphatic carbocycles. The highest BCUT2D eigenvalue weighted by Gasteiger charge is 2.24. The highest BCUT2D eigenvalue weighted by molar-refractivity contribution is 7.91. The summed E-state index contributed by atoms with van der Waals surface area (Å²) in [5, 5.41) is 5.43. The van der Waals surface area contributed by atoms with Crippen molar-refractivity contribution in [2.45, 2.75) is 32.4 Å². The lowest BCUT2D eigenvalue weighted by Crippen LogP contribution is -2.39. The Morgan fingerprint density at radius 1 is 1.56 bits per heavy atom. The molecule has 0 aromatic carbocycles. The van der Waals surface area contributed by atoms with Gasteiger partial charge in [-0.25, -0.2) is 8.42 Å². The van der Waals surface area contributed by atoms with Crippen LogP contribution in [0.5, 0.6) is 0 Å². The maximum Gasteiger partial charge on any atom is 0.151 e. The largest absolute Gasteiger partial charge is 0.308 e. The van der Waals surface area contributed by atoms with Crippen molar-refractivity contribution in [3.8, 4) is 0 Å². The number of hydrogen-bond acceptors (Lipinski definition) is 4. The fourth-order valence-corrected chi connectivity index (χ4v) is 4.53. The number of nitrogens with one attached hydrogen (secondary N) is 1. The van der Waals surface area contributed by atoms with Crippen molar-refractivity contribution >= 4 is 21.2 Å². The van der Waals surface area contributed by atoms with Crippen molar-refractivity contribution in [1.29, 1.82) is 0 Å². The van der Waals surface area contributed by atoms with Gasteiger partial charge in [-0.15, -0.1) is 11.3 Å². The molecule has 0 bridgehead atoms. The Morgan fingerprint density at radius 3 is 3.00 bits per heavy atom. The van der Waals surface area contributed by atoms with Crippen LogP contribution in [0, 0.1) is 6.92 Å². The van der Waals surface area contributed by atoms with E-state index in [1.165, 1.54) is 10.4 Å². The Labute approximate surface area is 101 Å². The standard InChI is InChI=1S/C11H17NO2S2/c1-9-4-5-15-11(9)7-12-10-3-2-6-16(13,14)8-10/h4-5,10,12H,2-3,6-8H2,1H3. The molecule has 1 saturated heterocycles. The number of hydrogen-bond donors (Lipinski definition) is 1. The first-order valence-corrected chi connectivity index (χ1v) is 8.24. The third-order valence-corrected chi connectivity index (χ3v) is 5.83. The van der Waals surface area contributed by atoms with Gasteiger partial charge in [-0.1, -0.05) is 0 Å². The predicted octanol–water partition coefficient (Wildman–Crippen LogP) is 1.72. The minimum absolute atomic E-state index is 0.139. The van der Waals surface area contributed by atoms with Crippen molar-refractivity contribution in [2.24, 2.45) is 0 Å². The molecule has 2 heterocycles. The van der Waals surface area contributed by atoms with Crippen LogP contribution in [0.25, 0.3) is 0 Å². The number of rotatable bonds is 3. The summed E-state index contributed by atoms with van der Waals surface area (Å²) in [6.07, 6.45) is 1.77. The van der Waals surface area contributed by atoms with Crippen LogP contribution in [0.2, 0.25) is 0 Å². The molecule has 1 aliphatic heterocycles. The quantitative estimate of drug-likeness (QED) is 0.899. The third-order valence-electron chi connectivity index (χ3n) is 2.98. The van der Waals surface area contributed by atoms with Crippen molar-refractivity contribution in [3.05, 3.63) is 21.9 Å². The second kappa shape index (κ2) is 4.85. The van der Waals surface area contributed by atoms with E-state index in [1.54, 1.807) is 11.3 Å². The fourth-order valence-electron chi connectivity index (χ4n) is 2.01. The molecule has 1 aliphatic rings. The lowest BCUT2D eigenvalue weighted by Gasteiger charge is -2.22. The predicted molar refractivity (Wildman–Crippen MR) is 67.6 cm³/mol. The van der Waals surface area contributed by atoms with Crippen LogP contribution in [0.4, 0.5) is 0 Å². The van der Waals surface area contributed by atoms with Gasteiger partial charge >= 0.3 is 0 Å². The summed E-state index contributed by atoms with van der Waals surface area (Å²) in [5.41, 5.74) is 1.29. The number of thiophene rings is 1. The second-order valence-electron chi connectivity index (χ2n) is 4.36. The van der Waals surface area contributed by atoms with Crippen LogP contribution in [-0.2, 0) is 16.4 Å². The molecule has 0 amide bonds. The van der Waals surface area contributed by atoms with Crippen molar-refractivity contribution in [1.82, 2.24) is 5.32 Å². The van der Waals surface area contributed by atoms with E-state index in [1.807, 2.05) is 0 Å². The van der Waals surface area contributed by atoms with E-state index in [4.69, 9.17) is 0 Å². The molecule has 90 valence electrons. The van der Waals surface area contributed by atoms with Gasteiger partial charge in [0.1, 0.15) is 0 Å². The molecule has 3 nitrogen and oxygen atoms in total. The summed E-state index contributed by atoms with van der Waals surface area (Å²) in [5.74, 6) is 0.667. The summed E-state index contributed by atoms with van der Waals surface area (Å²) < 4.78 is 22.9. The monoisotopic (exact) mass is 259 g/mol. The zero-order chi connectivity index (χ0) is 11.6. The Bertz CT molecular complexity index is 450. The molecule has 5 heteroatoms. The summed E-state index contributed by atoms with van der Waals surface area (Å²) in [6.45, 7) is 2.88. The zero-order valence-corrected chi connectivity index (χ0v) is 11.0. The van der Waals surface area contributed by atoms with E-state index in [9.17, 15) is 8.42 Å². The molecule has 1 unspecified atom stereocenters. The van der Waals surface area contributed by atoms with Gasteiger partial charge in [-0.3, -0.25) is 0 Å². The molecular weight excluding hydrogens is 242 g/mol. The lowest BCUT2D eigenvalue weighted by atomic mass is 10.2. The second-order valence-corrected chi connectivity index (χ2v) is 7.59. The molecular formula is C11H17NO2S2. The van der Waals surface area contributed by atoms with Crippen molar-refractivity contribution in [3.63, 3.8) is 0 Å². The van der Waals surface area contributed by atoms with Crippen LogP contribution in [0.3, 0.4) is 0 Å². The summed E-state index contributed by atoms with van der Waals surface area (Å²) >= 11 is 1.73.